The normalized spacial score (nSPS) is 19.6. The second-order valence-corrected chi connectivity index (χ2v) is 4.41. The molecule has 0 spiro atoms. The lowest BCUT2D eigenvalue weighted by atomic mass is 10.2. The predicted molar refractivity (Wildman–Crippen MR) is 67.9 cm³/mol. The van der Waals surface area contributed by atoms with Crippen molar-refractivity contribution in [1.29, 1.82) is 0 Å². The Balaban J connectivity index is 1.46. The molecule has 1 aromatic carbocycles. The molecule has 0 amide bonds. The Hall–Kier alpha value is -0.900. The minimum atomic E-state index is 0.559. The first-order valence-electron chi connectivity index (χ1n) is 6.38. The van der Waals surface area contributed by atoms with Gasteiger partial charge in [0.1, 0.15) is 0 Å². The van der Waals surface area contributed by atoms with Crippen LogP contribution >= 0.6 is 0 Å². The third-order valence-corrected chi connectivity index (χ3v) is 2.94. The van der Waals surface area contributed by atoms with Crippen LogP contribution < -0.4 is 5.32 Å². The van der Waals surface area contributed by atoms with Gasteiger partial charge in [-0.25, -0.2) is 0 Å². The van der Waals surface area contributed by atoms with E-state index < -0.39 is 0 Å². The van der Waals surface area contributed by atoms with Crippen molar-refractivity contribution in [2.24, 2.45) is 0 Å². The second kappa shape index (κ2) is 7.43. The Kier molecular flexibility index (Phi) is 5.49. The van der Waals surface area contributed by atoms with Crippen molar-refractivity contribution >= 4 is 0 Å². The van der Waals surface area contributed by atoms with Crippen molar-refractivity contribution in [3.63, 3.8) is 0 Å². The number of benzene rings is 1. The third-order valence-electron chi connectivity index (χ3n) is 2.94. The highest BCUT2D eigenvalue weighted by Crippen LogP contribution is 2.03. The average molecular weight is 235 g/mol. The second-order valence-electron chi connectivity index (χ2n) is 4.41. The predicted octanol–water partition coefficient (Wildman–Crippen LogP) is 1.97. The first kappa shape index (κ1) is 12.6. The fourth-order valence-electron chi connectivity index (χ4n) is 1.94. The molecule has 3 nitrogen and oxygen atoms in total. The minimum Gasteiger partial charge on any atom is -0.380 e. The molecule has 0 radical (unpaired) electrons. The van der Waals surface area contributed by atoms with Gasteiger partial charge in [0.2, 0.25) is 0 Å². The zero-order valence-corrected chi connectivity index (χ0v) is 10.2. The van der Waals surface area contributed by atoms with E-state index in [9.17, 15) is 0 Å². The van der Waals surface area contributed by atoms with E-state index in [2.05, 4.69) is 17.4 Å². The van der Waals surface area contributed by atoms with Crippen LogP contribution in [-0.2, 0) is 16.1 Å². The maximum atomic E-state index is 5.61. The van der Waals surface area contributed by atoms with Gasteiger partial charge in [-0.05, 0) is 24.9 Å². The Bertz CT molecular complexity index is 296. The molecular weight excluding hydrogens is 214 g/mol. The van der Waals surface area contributed by atoms with Gasteiger partial charge < -0.3 is 14.8 Å². The Labute approximate surface area is 103 Å². The molecule has 1 fully saturated rings. The molecule has 1 N–H and O–H groups in total. The van der Waals surface area contributed by atoms with Crippen LogP contribution in [0.4, 0.5) is 0 Å². The zero-order valence-electron chi connectivity index (χ0n) is 10.2. The summed E-state index contributed by atoms with van der Waals surface area (Å²) >= 11 is 0. The van der Waals surface area contributed by atoms with Crippen molar-refractivity contribution in [2.45, 2.75) is 25.5 Å². The Morgan fingerprint density at radius 3 is 2.94 bits per heavy atom. The first-order chi connectivity index (χ1) is 8.45. The molecule has 17 heavy (non-hydrogen) atoms. The van der Waals surface area contributed by atoms with Gasteiger partial charge in [0.15, 0.2) is 0 Å². The molecule has 1 aromatic rings. The zero-order chi connectivity index (χ0) is 11.8. The topological polar surface area (TPSA) is 30.5 Å². The van der Waals surface area contributed by atoms with Crippen LogP contribution in [0.25, 0.3) is 0 Å². The summed E-state index contributed by atoms with van der Waals surface area (Å²) in [7, 11) is 0. The number of hydrogen-bond donors (Lipinski definition) is 1. The summed E-state index contributed by atoms with van der Waals surface area (Å²) in [5, 5.41) is 3.48. The van der Waals surface area contributed by atoms with Gasteiger partial charge in [-0.1, -0.05) is 30.3 Å². The van der Waals surface area contributed by atoms with Gasteiger partial charge in [0.05, 0.1) is 13.2 Å². The van der Waals surface area contributed by atoms with E-state index in [1.54, 1.807) is 0 Å². The van der Waals surface area contributed by atoms with Crippen LogP contribution in [-0.4, -0.2) is 32.4 Å². The molecule has 2 rings (SSSR count). The largest absolute Gasteiger partial charge is 0.380 e. The van der Waals surface area contributed by atoms with Crippen LogP contribution in [0.1, 0.15) is 18.4 Å². The summed E-state index contributed by atoms with van der Waals surface area (Å²) in [5.74, 6) is 0. The minimum absolute atomic E-state index is 0.559. The highest BCUT2D eigenvalue weighted by molar-refractivity contribution is 5.13. The first-order valence-corrected chi connectivity index (χ1v) is 6.38. The van der Waals surface area contributed by atoms with Crippen LogP contribution in [0, 0.1) is 0 Å². The molecule has 0 aromatic heterocycles. The molecule has 0 saturated carbocycles. The number of hydrogen-bond acceptors (Lipinski definition) is 3. The summed E-state index contributed by atoms with van der Waals surface area (Å²) in [5.41, 5.74) is 1.24. The number of nitrogens with one attached hydrogen (secondary N) is 1. The SMILES string of the molecule is c1ccc(COCCCNC2CCOC2)cc1. The van der Waals surface area contributed by atoms with Crippen molar-refractivity contribution in [3.05, 3.63) is 35.9 Å². The van der Waals surface area contributed by atoms with Crippen molar-refractivity contribution in [1.82, 2.24) is 5.32 Å². The lowest BCUT2D eigenvalue weighted by Crippen LogP contribution is -2.30. The van der Waals surface area contributed by atoms with E-state index in [1.807, 2.05) is 18.2 Å². The van der Waals surface area contributed by atoms with Crippen molar-refractivity contribution < 1.29 is 9.47 Å². The summed E-state index contributed by atoms with van der Waals surface area (Å²) in [6.45, 7) is 4.32. The number of ether oxygens (including phenoxy) is 2. The Morgan fingerprint density at radius 1 is 1.29 bits per heavy atom. The maximum absolute atomic E-state index is 5.61. The van der Waals surface area contributed by atoms with E-state index in [4.69, 9.17) is 9.47 Å². The molecule has 0 bridgehead atoms. The molecular formula is C14H21NO2. The highest BCUT2D eigenvalue weighted by atomic mass is 16.5. The summed E-state index contributed by atoms with van der Waals surface area (Å²) in [6.07, 6.45) is 2.20. The molecule has 1 heterocycles. The van der Waals surface area contributed by atoms with E-state index >= 15 is 0 Å². The standard InChI is InChI=1S/C14H21NO2/c1-2-5-13(6-3-1)11-16-9-4-8-15-14-7-10-17-12-14/h1-3,5-6,14-15H,4,7-12H2. The van der Waals surface area contributed by atoms with Crippen molar-refractivity contribution in [2.75, 3.05) is 26.4 Å². The quantitative estimate of drug-likeness (QED) is 0.733. The fraction of sp³-hybridized carbons (Fsp3) is 0.571. The summed E-state index contributed by atoms with van der Waals surface area (Å²) in [6, 6.07) is 10.9. The monoisotopic (exact) mass is 235 g/mol. The van der Waals surface area contributed by atoms with E-state index in [1.165, 1.54) is 5.56 Å². The smallest absolute Gasteiger partial charge is 0.0716 e. The van der Waals surface area contributed by atoms with Crippen LogP contribution in [0.5, 0.6) is 0 Å². The van der Waals surface area contributed by atoms with Crippen LogP contribution in [0.3, 0.4) is 0 Å². The number of rotatable bonds is 7. The van der Waals surface area contributed by atoms with Gasteiger partial charge in [-0.2, -0.15) is 0 Å². The third kappa shape index (κ3) is 4.86. The van der Waals surface area contributed by atoms with Gasteiger partial charge in [-0.3, -0.25) is 0 Å². The van der Waals surface area contributed by atoms with Gasteiger partial charge in [-0.15, -0.1) is 0 Å². The van der Waals surface area contributed by atoms with Gasteiger partial charge in [0, 0.05) is 19.3 Å². The van der Waals surface area contributed by atoms with Crippen LogP contribution in [0.2, 0.25) is 0 Å². The molecule has 1 saturated heterocycles. The average Bonchev–Trinajstić information content (AvgIpc) is 2.88. The fourth-order valence-corrected chi connectivity index (χ4v) is 1.94. The van der Waals surface area contributed by atoms with E-state index in [0.717, 1.165) is 39.2 Å². The summed E-state index contributed by atoms with van der Waals surface area (Å²) in [4.78, 5) is 0. The molecule has 1 aliphatic heterocycles. The Morgan fingerprint density at radius 2 is 2.18 bits per heavy atom. The molecule has 1 atom stereocenters. The van der Waals surface area contributed by atoms with Crippen LogP contribution in [0.15, 0.2) is 30.3 Å². The highest BCUT2D eigenvalue weighted by Gasteiger charge is 2.13. The molecule has 94 valence electrons. The van der Waals surface area contributed by atoms with Crippen molar-refractivity contribution in [3.8, 4) is 0 Å². The molecule has 1 aliphatic rings. The van der Waals surface area contributed by atoms with Gasteiger partial charge >= 0.3 is 0 Å². The lowest BCUT2D eigenvalue weighted by molar-refractivity contribution is 0.117. The maximum Gasteiger partial charge on any atom is 0.0716 e. The lowest BCUT2D eigenvalue weighted by Gasteiger charge is -2.10. The molecule has 1 unspecified atom stereocenters. The molecule has 0 aliphatic carbocycles. The molecule has 3 heteroatoms. The van der Waals surface area contributed by atoms with E-state index in [-0.39, 0.29) is 0 Å². The van der Waals surface area contributed by atoms with Gasteiger partial charge in [0.25, 0.3) is 0 Å². The summed E-state index contributed by atoms with van der Waals surface area (Å²) < 4.78 is 10.9. The van der Waals surface area contributed by atoms with E-state index in [0.29, 0.717) is 12.6 Å².